The van der Waals surface area contributed by atoms with Gasteiger partial charge in [-0.25, -0.2) is 0 Å². The van der Waals surface area contributed by atoms with Gasteiger partial charge < -0.3 is 10.0 Å². The van der Waals surface area contributed by atoms with Crippen LogP contribution in [0.3, 0.4) is 0 Å². The number of carboxylic acids is 1. The molecule has 6 heteroatoms. The molecule has 120 valence electrons. The minimum Gasteiger partial charge on any atom is -0.481 e. The molecule has 1 atom stereocenters. The van der Waals surface area contributed by atoms with Gasteiger partial charge in [0.25, 0.3) is 0 Å². The number of thioether (sulfide) groups is 1. The molecule has 1 fully saturated rings. The zero-order valence-electron chi connectivity index (χ0n) is 12.3. The van der Waals surface area contributed by atoms with Gasteiger partial charge in [-0.2, -0.15) is 11.8 Å². The molecule has 1 aliphatic rings. The fourth-order valence-electron chi connectivity index (χ4n) is 2.59. The molecule has 0 aliphatic carbocycles. The Morgan fingerprint density at radius 2 is 2.05 bits per heavy atom. The number of carbonyl (C=O) groups excluding carboxylic acids is 1. The number of amides is 1. The highest BCUT2D eigenvalue weighted by molar-refractivity contribution is 7.99. The second-order valence-corrected chi connectivity index (χ2v) is 6.98. The van der Waals surface area contributed by atoms with Gasteiger partial charge in [-0.15, -0.1) is 0 Å². The third kappa shape index (κ3) is 5.21. The zero-order chi connectivity index (χ0) is 15.9. The number of aliphatic carboxylic acids is 1. The van der Waals surface area contributed by atoms with Gasteiger partial charge in [-0.05, 0) is 30.5 Å². The average Bonchev–Trinajstić information content (AvgIpc) is 2.49. The van der Waals surface area contributed by atoms with Gasteiger partial charge >= 0.3 is 5.97 Å². The molecule has 1 aliphatic heterocycles. The molecule has 22 heavy (non-hydrogen) atoms. The molecule has 1 amide bonds. The maximum atomic E-state index is 12.3. The van der Waals surface area contributed by atoms with E-state index >= 15 is 0 Å². The lowest BCUT2D eigenvalue weighted by molar-refractivity contribution is -0.140. The minimum atomic E-state index is -0.841. The van der Waals surface area contributed by atoms with Gasteiger partial charge in [0.2, 0.25) is 5.91 Å². The van der Waals surface area contributed by atoms with Crippen LogP contribution in [0.1, 0.15) is 24.8 Å². The Bertz CT molecular complexity index is 521. The summed E-state index contributed by atoms with van der Waals surface area (Å²) in [6.45, 7) is 0.655. The number of hydrogen-bond acceptors (Lipinski definition) is 3. The van der Waals surface area contributed by atoms with Gasteiger partial charge in [-0.3, -0.25) is 9.59 Å². The van der Waals surface area contributed by atoms with Crippen molar-refractivity contribution in [3.63, 3.8) is 0 Å². The lowest BCUT2D eigenvalue weighted by atomic mass is 10.1. The van der Waals surface area contributed by atoms with Gasteiger partial charge in [0.05, 0.1) is 12.5 Å². The molecule has 1 aromatic rings. The lowest BCUT2D eigenvalue weighted by Gasteiger charge is -2.34. The number of halogens is 1. The van der Waals surface area contributed by atoms with E-state index in [1.807, 2.05) is 24.3 Å². The maximum absolute atomic E-state index is 12.3. The summed E-state index contributed by atoms with van der Waals surface area (Å²) in [6, 6.07) is 7.47. The van der Waals surface area contributed by atoms with Gasteiger partial charge in [-0.1, -0.05) is 23.7 Å². The van der Waals surface area contributed by atoms with Gasteiger partial charge in [0.1, 0.15) is 0 Å². The van der Waals surface area contributed by atoms with Crippen molar-refractivity contribution in [2.75, 3.05) is 18.1 Å². The maximum Gasteiger partial charge on any atom is 0.305 e. The molecule has 1 N–H and O–H groups in total. The normalized spacial score (nSPS) is 18.2. The first-order chi connectivity index (χ1) is 10.6. The summed E-state index contributed by atoms with van der Waals surface area (Å²) in [6.07, 6.45) is 2.10. The summed E-state index contributed by atoms with van der Waals surface area (Å²) < 4.78 is 0. The van der Waals surface area contributed by atoms with Crippen molar-refractivity contribution in [3.05, 3.63) is 34.9 Å². The minimum absolute atomic E-state index is 0.0376. The van der Waals surface area contributed by atoms with Crippen LogP contribution in [0, 0.1) is 0 Å². The predicted octanol–water partition coefficient (Wildman–Crippen LogP) is 3.08. The first kappa shape index (κ1) is 17.2. The number of rotatable bonds is 6. The summed E-state index contributed by atoms with van der Waals surface area (Å²) in [7, 11) is 0. The largest absolute Gasteiger partial charge is 0.481 e. The zero-order valence-corrected chi connectivity index (χ0v) is 13.9. The summed E-state index contributed by atoms with van der Waals surface area (Å²) in [5.41, 5.74) is 1.16. The SMILES string of the molecule is O=C(O)CC1CSCCN1C(=O)CCCc1ccc(Cl)cc1. The molecular weight excluding hydrogens is 322 g/mol. The van der Waals surface area contributed by atoms with Crippen LogP contribution in [0.4, 0.5) is 0 Å². The van der Waals surface area contributed by atoms with Gasteiger partial charge in [0.15, 0.2) is 0 Å². The molecule has 0 radical (unpaired) electrons. The number of carbonyl (C=O) groups is 2. The van der Waals surface area contributed by atoms with Crippen LogP contribution >= 0.6 is 23.4 Å². The summed E-state index contributed by atoms with van der Waals surface area (Å²) in [5.74, 6) is 0.834. The van der Waals surface area contributed by atoms with E-state index in [1.54, 1.807) is 16.7 Å². The van der Waals surface area contributed by atoms with Crippen molar-refractivity contribution in [1.29, 1.82) is 0 Å². The summed E-state index contributed by atoms with van der Waals surface area (Å²) in [5, 5.41) is 9.66. The van der Waals surface area contributed by atoms with E-state index in [9.17, 15) is 9.59 Å². The Morgan fingerprint density at radius 1 is 1.32 bits per heavy atom. The standard InChI is InChI=1S/C16H20ClNO3S/c17-13-6-4-12(5-7-13)2-1-3-15(19)18-8-9-22-11-14(18)10-16(20)21/h4-7,14H,1-3,8-11H2,(H,20,21). The molecule has 0 spiro atoms. The Kier molecular flexibility index (Phi) is 6.58. The summed E-state index contributed by atoms with van der Waals surface area (Å²) in [4.78, 5) is 25.0. The van der Waals surface area contributed by atoms with Crippen molar-refractivity contribution in [3.8, 4) is 0 Å². The third-order valence-corrected chi connectivity index (χ3v) is 5.07. The monoisotopic (exact) mass is 341 g/mol. The second-order valence-electron chi connectivity index (χ2n) is 5.39. The lowest BCUT2D eigenvalue weighted by Crippen LogP contribution is -2.47. The number of benzene rings is 1. The van der Waals surface area contributed by atoms with Gasteiger partial charge in [0, 0.05) is 29.5 Å². The van der Waals surface area contributed by atoms with Crippen LogP contribution in [0.15, 0.2) is 24.3 Å². The molecule has 1 saturated heterocycles. The molecule has 0 bridgehead atoms. The number of aryl methyl sites for hydroxylation is 1. The Balaban J connectivity index is 1.82. The quantitative estimate of drug-likeness (QED) is 0.863. The molecule has 2 rings (SSSR count). The number of hydrogen-bond donors (Lipinski definition) is 1. The van der Waals surface area contributed by atoms with E-state index in [1.165, 1.54) is 0 Å². The molecule has 1 aromatic carbocycles. The molecule has 4 nitrogen and oxygen atoms in total. The molecule has 1 unspecified atom stereocenters. The van der Waals surface area contributed by atoms with Crippen LogP contribution < -0.4 is 0 Å². The Morgan fingerprint density at radius 3 is 2.73 bits per heavy atom. The van der Waals surface area contributed by atoms with E-state index in [0.717, 1.165) is 29.9 Å². The highest BCUT2D eigenvalue weighted by Crippen LogP contribution is 2.20. The van der Waals surface area contributed by atoms with E-state index < -0.39 is 5.97 Å². The first-order valence-electron chi connectivity index (χ1n) is 7.39. The van der Waals surface area contributed by atoms with Crippen molar-refractivity contribution >= 4 is 35.2 Å². The van der Waals surface area contributed by atoms with E-state index in [-0.39, 0.29) is 18.4 Å². The molecule has 0 aromatic heterocycles. The summed E-state index contributed by atoms with van der Waals surface area (Å²) >= 11 is 7.56. The van der Waals surface area contributed by atoms with E-state index in [2.05, 4.69) is 0 Å². The molecule has 0 saturated carbocycles. The van der Waals surface area contributed by atoms with Crippen LogP contribution in [0.5, 0.6) is 0 Å². The molecule has 1 heterocycles. The Hall–Kier alpha value is -1.20. The average molecular weight is 342 g/mol. The van der Waals surface area contributed by atoms with Crippen molar-refractivity contribution in [1.82, 2.24) is 4.90 Å². The predicted molar refractivity (Wildman–Crippen MR) is 89.5 cm³/mol. The van der Waals surface area contributed by atoms with E-state index in [0.29, 0.717) is 18.0 Å². The fourth-order valence-corrected chi connectivity index (χ4v) is 3.78. The van der Waals surface area contributed by atoms with Crippen molar-refractivity contribution < 1.29 is 14.7 Å². The highest BCUT2D eigenvalue weighted by atomic mass is 35.5. The van der Waals surface area contributed by atoms with Crippen LogP contribution in [0.2, 0.25) is 5.02 Å². The third-order valence-electron chi connectivity index (χ3n) is 3.73. The topological polar surface area (TPSA) is 57.6 Å². The fraction of sp³-hybridized carbons (Fsp3) is 0.500. The van der Waals surface area contributed by atoms with E-state index in [4.69, 9.17) is 16.7 Å². The number of carboxylic acid groups (broad SMARTS) is 1. The van der Waals surface area contributed by atoms with Crippen molar-refractivity contribution in [2.45, 2.75) is 31.7 Å². The first-order valence-corrected chi connectivity index (χ1v) is 8.93. The molecular formula is C16H20ClNO3S. The number of nitrogens with zero attached hydrogens (tertiary/aromatic N) is 1. The second kappa shape index (κ2) is 8.44. The van der Waals surface area contributed by atoms with Crippen LogP contribution in [0.25, 0.3) is 0 Å². The van der Waals surface area contributed by atoms with Crippen LogP contribution in [-0.4, -0.2) is 46.0 Å². The van der Waals surface area contributed by atoms with Crippen LogP contribution in [-0.2, 0) is 16.0 Å². The smallest absolute Gasteiger partial charge is 0.305 e. The highest BCUT2D eigenvalue weighted by Gasteiger charge is 2.28. The van der Waals surface area contributed by atoms with Crippen molar-refractivity contribution in [2.24, 2.45) is 0 Å². The Labute approximate surface area is 139 Å².